The molecule has 0 fully saturated rings. The van der Waals surface area contributed by atoms with E-state index in [2.05, 4.69) is 5.32 Å². The van der Waals surface area contributed by atoms with Crippen molar-refractivity contribution in [3.8, 4) is 0 Å². The first kappa shape index (κ1) is 23.1. The van der Waals surface area contributed by atoms with E-state index >= 15 is 0 Å². The van der Waals surface area contributed by atoms with Gasteiger partial charge >= 0.3 is 11.9 Å². The van der Waals surface area contributed by atoms with Crippen LogP contribution in [0.5, 0.6) is 0 Å². The Morgan fingerprint density at radius 1 is 0.966 bits per heavy atom. The minimum absolute atomic E-state index is 0.260. The lowest BCUT2D eigenvalue weighted by Gasteiger charge is -2.09. The van der Waals surface area contributed by atoms with Crippen molar-refractivity contribution in [3.05, 3.63) is 28.2 Å². The van der Waals surface area contributed by atoms with Crippen LogP contribution in [0.2, 0.25) is 0 Å². The molecular weight excluding hydrogens is 390 g/mol. The van der Waals surface area contributed by atoms with Gasteiger partial charge in [0.05, 0.1) is 12.2 Å². The number of carbonyl (C=O) groups excluding carboxylic acids is 2. The molecule has 1 aliphatic rings. The van der Waals surface area contributed by atoms with Gasteiger partial charge in [0.2, 0.25) is 5.91 Å². The molecule has 0 atom stereocenters. The van der Waals surface area contributed by atoms with E-state index in [1.165, 1.54) is 43.4 Å². The highest BCUT2D eigenvalue weighted by atomic mass is 32.1. The van der Waals surface area contributed by atoms with Gasteiger partial charge in [-0.05, 0) is 38.2 Å². The molecule has 7 heteroatoms. The Bertz CT molecular complexity index is 738. The third kappa shape index (κ3) is 7.65. The number of nitrogens with one attached hydrogen (secondary N) is 1. The number of aliphatic carboxylic acids is 1. The molecule has 0 unspecified atom stereocenters. The summed E-state index contributed by atoms with van der Waals surface area (Å²) in [6.07, 6.45) is 14.0. The van der Waals surface area contributed by atoms with Crippen LogP contribution >= 0.6 is 11.3 Å². The van der Waals surface area contributed by atoms with E-state index in [1.54, 1.807) is 6.92 Å². The molecular formula is C22H31NO5S. The van der Waals surface area contributed by atoms with Crippen molar-refractivity contribution in [3.63, 3.8) is 0 Å². The van der Waals surface area contributed by atoms with E-state index in [0.717, 1.165) is 61.1 Å². The Kier molecular flexibility index (Phi) is 9.91. The van der Waals surface area contributed by atoms with Crippen molar-refractivity contribution in [2.45, 2.75) is 77.6 Å². The Hall–Kier alpha value is -2.15. The largest absolute Gasteiger partial charge is 0.478 e. The first-order valence-corrected chi connectivity index (χ1v) is 11.4. The SMILES string of the molecule is CCOC(=O)c1c(NC(=O)/C=C/C(=O)O)sc2c1CCCCCCCCCCC2. The van der Waals surface area contributed by atoms with E-state index in [4.69, 9.17) is 9.84 Å². The zero-order valence-corrected chi connectivity index (χ0v) is 17.9. The molecule has 0 spiro atoms. The van der Waals surface area contributed by atoms with Gasteiger partial charge in [-0.15, -0.1) is 11.3 Å². The van der Waals surface area contributed by atoms with Crippen LogP contribution < -0.4 is 5.32 Å². The number of carbonyl (C=O) groups is 3. The predicted molar refractivity (Wildman–Crippen MR) is 115 cm³/mol. The smallest absolute Gasteiger partial charge is 0.341 e. The van der Waals surface area contributed by atoms with Crippen LogP contribution in [0.25, 0.3) is 0 Å². The summed E-state index contributed by atoms with van der Waals surface area (Å²) in [6.45, 7) is 2.02. The Morgan fingerprint density at radius 2 is 1.55 bits per heavy atom. The molecule has 0 radical (unpaired) electrons. The number of amides is 1. The maximum Gasteiger partial charge on any atom is 0.341 e. The minimum atomic E-state index is -1.19. The summed E-state index contributed by atoms with van der Waals surface area (Å²) < 4.78 is 5.27. The summed E-state index contributed by atoms with van der Waals surface area (Å²) in [5.41, 5.74) is 1.43. The molecule has 0 saturated heterocycles. The third-order valence-corrected chi connectivity index (χ3v) is 6.22. The van der Waals surface area contributed by atoms with Crippen LogP contribution in [-0.2, 0) is 27.2 Å². The quantitative estimate of drug-likeness (QED) is 0.509. The molecule has 1 aromatic heterocycles. The van der Waals surface area contributed by atoms with Gasteiger partial charge in [0, 0.05) is 17.0 Å². The molecule has 1 amide bonds. The summed E-state index contributed by atoms with van der Waals surface area (Å²) in [6, 6.07) is 0. The Morgan fingerprint density at radius 3 is 2.14 bits per heavy atom. The predicted octanol–water partition coefficient (Wildman–Crippen LogP) is 5.11. The monoisotopic (exact) mass is 421 g/mol. The molecule has 1 aliphatic carbocycles. The maximum absolute atomic E-state index is 12.7. The zero-order valence-electron chi connectivity index (χ0n) is 17.1. The van der Waals surface area contributed by atoms with Crippen molar-refractivity contribution in [2.24, 2.45) is 0 Å². The summed E-state index contributed by atoms with van der Waals surface area (Å²) >= 11 is 1.42. The number of anilines is 1. The number of rotatable bonds is 5. The second-order valence-electron chi connectivity index (χ2n) is 7.27. The molecule has 29 heavy (non-hydrogen) atoms. The molecule has 1 aromatic rings. The summed E-state index contributed by atoms with van der Waals surface area (Å²) in [5, 5.41) is 11.9. The van der Waals surface area contributed by atoms with Crippen molar-refractivity contribution >= 4 is 34.2 Å². The highest BCUT2D eigenvalue weighted by molar-refractivity contribution is 7.17. The van der Waals surface area contributed by atoms with Crippen LogP contribution in [-0.4, -0.2) is 29.6 Å². The molecule has 2 N–H and O–H groups in total. The fourth-order valence-corrected chi connectivity index (χ4v) is 4.89. The number of thiophene rings is 1. The first-order chi connectivity index (χ1) is 14.0. The third-order valence-electron chi connectivity index (χ3n) is 5.01. The number of carboxylic acid groups (broad SMARTS) is 1. The van der Waals surface area contributed by atoms with Gasteiger partial charge < -0.3 is 15.2 Å². The standard InChI is InChI=1S/C22H31NO5S/c1-2-28-22(27)20-16-12-10-8-6-4-3-5-7-9-11-13-17(16)29-21(20)23-18(24)14-15-19(25)26/h14-15H,2-13H2,1H3,(H,23,24)(H,25,26)/b15-14+. The first-order valence-electron chi connectivity index (χ1n) is 10.6. The van der Waals surface area contributed by atoms with Crippen LogP contribution in [0.4, 0.5) is 5.00 Å². The minimum Gasteiger partial charge on any atom is -0.478 e. The lowest BCUT2D eigenvalue weighted by molar-refractivity contribution is -0.131. The van der Waals surface area contributed by atoms with Gasteiger partial charge in [-0.2, -0.15) is 0 Å². The Balaban J connectivity index is 2.32. The Labute approximate surface area is 176 Å². The second kappa shape index (κ2) is 12.4. The van der Waals surface area contributed by atoms with E-state index in [-0.39, 0.29) is 6.61 Å². The number of aryl methyl sites for hydroxylation is 1. The van der Waals surface area contributed by atoms with Crippen molar-refractivity contribution in [1.29, 1.82) is 0 Å². The molecule has 1 heterocycles. The average molecular weight is 422 g/mol. The van der Waals surface area contributed by atoms with Gasteiger partial charge in [-0.25, -0.2) is 9.59 Å². The highest BCUT2D eigenvalue weighted by Crippen LogP contribution is 2.37. The van der Waals surface area contributed by atoms with E-state index in [9.17, 15) is 14.4 Å². The van der Waals surface area contributed by atoms with Gasteiger partial charge in [-0.1, -0.05) is 44.9 Å². The molecule has 0 aliphatic heterocycles. The van der Waals surface area contributed by atoms with Crippen LogP contribution in [0.15, 0.2) is 12.2 Å². The molecule has 2 rings (SSSR count). The zero-order chi connectivity index (χ0) is 21.1. The van der Waals surface area contributed by atoms with Crippen molar-refractivity contribution in [1.82, 2.24) is 0 Å². The number of carboxylic acids is 1. The van der Waals surface area contributed by atoms with Crippen LogP contribution in [0.3, 0.4) is 0 Å². The van der Waals surface area contributed by atoms with E-state index in [0.29, 0.717) is 10.6 Å². The number of esters is 1. The summed E-state index contributed by atoms with van der Waals surface area (Å²) in [5.74, 6) is -2.18. The normalized spacial score (nSPS) is 16.2. The summed E-state index contributed by atoms with van der Waals surface area (Å²) in [4.78, 5) is 36.6. The molecule has 160 valence electrons. The fraction of sp³-hybridized carbons (Fsp3) is 0.591. The fourth-order valence-electron chi connectivity index (χ4n) is 3.61. The van der Waals surface area contributed by atoms with Gasteiger partial charge in [-0.3, -0.25) is 4.79 Å². The lowest BCUT2D eigenvalue weighted by Crippen LogP contribution is -2.14. The van der Waals surface area contributed by atoms with E-state index in [1.807, 2.05) is 0 Å². The average Bonchev–Trinajstić information content (AvgIpc) is 3.01. The topological polar surface area (TPSA) is 92.7 Å². The second-order valence-corrected chi connectivity index (χ2v) is 8.38. The molecule has 0 saturated carbocycles. The lowest BCUT2D eigenvalue weighted by atomic mass is 10.00. The number of hydrogen-bond acceptors (Lipinski definition) is 5. The molecule has 0 bridgehead atoms. The highest BCUT2D eigenvalue weighted by Gasteiger charge is 2.25. The van der Waals surface area contributed by atoms with Gasteiger partial charge in [0.1, 0.15) is 5.00 Å². The number of ether oxygens (including phenoxy) is 1. The molecule has 6 nitrogen and oxygen atoms in total. The summed E-state index contributed by atoms with van der Waals surface area (Å²) in [7, 11) is 0. The molecule has 0 aromatic carbocycles. The van der Waals surface area contributed by atoms with Gasteiger partial charge in [0.25, 0.3) is 0 Å². The van der Waals surface area contributed by atoms with Gasteiger partial charge in [0.15, 0.2) is 0 Å². The van der Waals surface area contributed by atoms with Crippen molar-refractivity contribution < 1.29 is 24.2 Å². The van der Waals surface area contributed by atoms with Crippen LogP contribution in [0.1, 0.15) is 85.5 Å². The number of hydrogen-bond donors (Lipinski definition) is 2. The van der Waals surface area contributed by atoms with Crippen LogP contribution in [0, 0.1) is 0 Å². The maximum atomic E-state index is 12.7. The van der Waals surface area contributed by atoms with Crippen molar-refractivity contribution in [2.75, 3.05) is 11.9 Å². The van der Waals surface area contributed by atoms with E-state index < -0.39 is 17.8 Å². The number of fused-ring (bicyclic) bond motifs is 1.